The molecule has 2 N–H and O–H groups in total. The summed E-state index contributed by atoms with van der Waals surface area (Å²) in [6.07, 6.45) is 6.27. The number of aliphatic hydroxyl groups is 1. The lowest BCUT2D eigenvalue weighted by Gasteiger charge is -2.56. The number of sulfonamides is 2. The van der Waals surface area contributed by atoms with E-state index in [0.29, 0.717) is 24.0 Å². The predicted octanol–water partition coefficient (Wildman–Crippen LogP) is 1.27. The van der Waals surface area contributed by atoms with Crippen LogP contribution in [0.3, 0.4) is 0 Å². The van der Waals surface area contributed by atoms with Crippen LogP contribution in [0.4, 0.5) is 8.78 Å². The number of carbonyl (C=O) groups excluding carboxylic acids is 1. The van der Waals surface area contributed by atoms with Crippen LogP contribution in [-0.4, -0.2) is 61.8 Å². The Kier molecular flexibility index (Phi) is 5.83. The Balaban J connectivity index is 1.77. The van der Waals surface area contributed by atoms with Gasteiger partial charge in [-0.2, -0.15) is 8.78 Å². The van der Waals surface area contributed by atoms with Gasteiger partial charge in [-0.1, -0.05) is 3.71 Å². The first-order valence-corrected chi connectivity index (χ1v) is 13.4. The lowest BCUT2D eigenvalue weighted by atomic mass is 9.49. The molecule has 4 bridgehead atoms. The van der Waals surface area contributed by atoms with Gasteiger partial charge in [-0.15, -0.1) is 0 Å². The molecule has 4 fully saturated rings. The predicted molar refractivity (Wildman–Crippen MR) is 105 cm³/mol. The maximum absolute atomic E-state index is 14.7. The van der Waals surface area contributed by atoms with E-state index >= 15 is 0 Å². The van der Waals surface area contributed by atoms with E-state index in [1.165, 1.54) is 0 Å². The molecule has 0 heterocycles. The van der Waals surface area contributed by atoms with E-state index in [-0.39, 0.29) is 12.0 Å². The highest BCUT2D eigenvalue weighted by molar-refractivity contribution is 8.04. The van der Waals surface area contributed by atoms with Crippen LogP contribution < -0.4 is 5.32 Å². The van der Waals surface area contributed by atoms with Gasteiger partial charge in [0.1, 0.15) is 0 Å². The average molecular weight is 473 g/mol. The quantitative estimate of drug-likeness (QED) is 0.549. The van der Waals surface area contributed by atoms with Crippen molar-refractivity contribution >= 4 is 26.0 Å². The van der Waals surface area contributed by atoms with Crippen molar-refractivity contribution in [3.05, 3.63) is 0 Å². The highest BCUT2D eigenvalue weighted by atomic mass is 32.3. The molecule has 0 atom stereocenters. The summed E-state index contributed by atoms with van der Waals surface area (Å²) in [5, 5.41) is 6.91. The first kappa shape index (κ1) is 23.8. The second-order valence-electron chi connectivity index (χ2n) is 10.1. The Bertz CT molecular complexity index is 876. The van der Waals surface area contributed by atoms with E-state index in [2.05, 4.69) is 5.32 Å². The molecule has 0 radical (unpaired) electrons. The summed E-state index contributed by atoms with van der Waals surface area (Å²) in [6.45, 7) is 0.967. The van der Waals surface area contributed by atoms with Crippen molar-refractivity contribution in [2.45, 2.75) is 63.2 Å². The molecule has 1 amide bonds. The van der Waals surface area contributed by atoms with E-state index < -0.39 is 47.1 Å². The van der Waals surface area contributed by atoms with Crippen molar-refractivity contribution in [1.82, 2.24) is 9.03 Å². The molecule has 4 saturated carbocycles. The number of rotatable bonds is 8. The fourth-order valence-corrected chi connectivity index (χ4v) is 9.12. The number of carbonyl (C=O) groups is 1. The highest BCUT2D eigenvalue weighted by Gasteiger charge is 2.59. The maximum Gasteiger partial charge on any atom is 0.436 e. The molecule has 0 spiro atoms. The zero-order valence-electron chi connectivity index (χ0n) is 17.4. The summed E-state index contributed by atoms with van der Waals surface area (Å²) in [7, 11) is -10.6. The van der Waals surface area contributed by atoms with E-state index in [0.717, 1.165) is 52.4 Å². The van der Waals surface area contributed by atoms with E-state index in [1.807, 2.05) is 0 Å². The van der Waals surface area contributed by atoms with Gasteiger partial charge >= 0.3 is 21.2 Å². The number of nitrogens with zero attached hydrogens (tertiary/aromatic N) is 1. The van der Waals surface area contributed by atoms with Gasteiger partial charge in [0, 0.05) is 6.54 Å². The molecule has 0 aromatic carbocycles. The molecule has 8 nitrogen and oxygen atoms in total. The third-order valence-corrected chi connectivity index (χ3v) is 10.3. The first-order chi connectivity index (χ1) is 13.5. The molecule has 30 heavy (non-hydrogen) atoms. The van der Waals surface area contributed by atoms with Gasteiger partial charge in [-0.05, 0) is 75.5 Å². The van der Waals surface area contributed by atoms with Crippen molar-refractivity contribution < 1.29 is 35.5 Å². The fraction of sp³-hybridized carbons (Fsp3) is 0.944. The van der Waals surface area contributed by atoms with E-state index in [4.69, 9.17) is 0 Å². The van der Waals surface area contributed by atoms with Gasteiger partial charge in [0.2, 0.25) is 10.0 Å². The number of halogens is 2. The van der Waals surface area contributed by atoms with Crippen molar-refractivity contribution in [1.29, 1.82) is 0 Å². The molecule has 0 aromatic rings. The molecule has 12 heteroatoms. The summed E-state index contributed by atoms with van der Waals surface area (Å²) in [5.74, 6) is -0.484. The molecule has 0 saturated heterocycles. The van der Waals surface area contributed by atoms with Gasteiger partial charge < -0.3 is 10.4 Å². The molecule has 174 valence electrons. The minimum absolute atomic E-state index is 0.0508. The first-order valence-electron chi connectivity index (χ1n) is 10.1. The van der Waals surface area contributed by atoms with E-state index in [9.17, 15) is 35.5 Å². The van der Waals surface area contributed by atoms with Crippen molar-refractivity contribution in [2.24, 2.45) is 23.2 Å². The zero-order chi connectivity index (χ0) is 22.8. The van der Waals surface area contributed by atoms with Crippen LogP contribution in [0.5, 0.6) is 0 Å². The molecule has 4 rings (SSSR count). The molecular formula is C18H30F2N2O6S2. The smallest absolute Gasteiger partial charge is 0.389 e. The zero-order valence-corrected chi connectivity index (χ0v) is 19.0. The normalized spacial score (nSPS) is 31.9. The monoisotopic (exact) mass is 472 g/mol. The summed E-state index contributed by atoms with van der Waals surface area (Å²) >= 11 is 0. The molecule has 0 aliphatic heterocycles. The standard InChI is InChI=1S/C18H30F2N2O6S2/c1-16(2,24)11-22(29(3,25)26)30(27,28)18(19,20)15(23)21-10-17-7-12-4-13(8-17)6-14(5-12)9-17/h12-14,24H,4-11H2,1-3H3,(H,21,23). The lowest BCUT2D eigenvalue weighted by molar-refractivity contribution is -0.137. The van der Waals surface area contributed by atoms with Gasteiger partial charge in [0.15, 0.2) is 0 Å². The number of nitrogens with one attached hydrogen (secondary N) is 1. The highest BCUT2D eigenvalue weighted by Crippen LogP contribution is 2.59. The Labute approximate surface area is 176 Å². The molecule has 4 aliphatic rings. The minimum Gasteiger partial charge on any atom is -0.389 e. The SMILES string of the molecule is CC(C)(O)CN(S(C)(=O)=O)S(=O)(=O)C(F)(F)C(=O)NCC12CC3CC(CC(C3)C1)C2. The number of hydrogen-bond donors (Lipinski definition) is 2. The van der Waals surface area contributed by atoms with Crippen LogP contribution in [0.15, 0.2) is 0 Å². The third-order valence-electron chi connectivity index (χ3n) is 6.53. The van der Waals surface area contributed by atoms with E-state index in [1.54, 1.807) is 0 Å². The Hall–Kier alpha value is -0.850. The summed E-state index contributed by atoms with van der Waals surface area (Å²) in [5.41, 5.74) is -2.21. The Morgan fingerprint density at radius 1 is 1.07 bits per heavy atom. The number of hydrogen-bond acceptors (Lipinski definition) is 6. The van der Waals surface area contributed by atoms with Crippen LogP contribution in [0, 0.1) is 23.2 Å². The summed E-state index contributed by atoms with van der Waals surface area (Å²) < 4.78 is 77.6. The maximum atomic E-state index is 14.7. The van der Waals surface area contributed by atoms with Crippen LogP contribution in [-0.2, 0) is 24.8 Å². The Morgan fingerprint density at radius 3 is 1.87 bits per heavy atom. The Morgan fingerprint density at radius 2 is 1.50 bits per heavy atom. The molecular weight excluding hydrogens is 442 g/mol. The number of alkyl halides is 2. The summed E-state index contributed by atoms with van der Waals surface area (Å²) in [4.78, 5) is 12.3. The van der Waals surface area contributed by atoms with Crippen LogP contribution >= 0.6 is 0 Å². The molecule has 0 aromatic heterocycles. The van der Waals surface area contributed by atoms with Crippen LogP contribution in [0.1, 0.15) is 52.4 Å². The van der Waals surface area contributed by atoms with Crippen molar-refractivity contribution in [2.75, 3.05) is 19.3 Å². The van der Waals surface area contributed by atoms with Crippen LogP contribution in [0.25, 0.3) is 0 Å². The molecule has 4 aliphatic carbocycles. The number of amides is 1. The van der Waals surface area contributed by atoms with Gasteiger partial charge in [-0.3, -0.25) is 4.79 Å². The van der Waals surface area contributed by atoms with Crippen molar-refractivity contribution in [3.63, 3.8) is 0 Å². The van der Waals surface area contributed by atoms with Crippen molar-refractivity contribution in [3.8, 4) is 0 Å². The third kappa shape index (κ3) is 4.51. The molecule has 0 unspecified atom stereocenters. The fourth-order valence-electron chi connectivity index (χ4n) is 5.82. The van der Waals surface area contributed by atoms with Gasteiger partial charge in [0.05, 0.1) is 18.4 Å². The second-order valence-corrected chi connectivity index (χ2v) is 14.2. The van der Waals surface area contributed by atoms with Gasteiger partial charge in [-0.25, -0.2) is 16.8 Å². The van der Waals surface area contributed by atoms with Crippen LogP contribution in [0.2, 0.25) is 0 Å². The average Bonchev–Trinajstić information content (AvgIpc) is 2.54. The topological polar surface area (TPSA) is 121 Å². The minimum atomic E-state index is -5.93. The van der Waals surface area contributed by atoms with Gasteiger partial charge in [0.25, 0.3) is 0 Å². The second kappa shape index (κ2) is 7.35. The summed E-state index contributed by atoms with van der Waals surface area (Å²) in [6, 6.07) is 0. The lowest BCUT2D eigenvalue weighted by Crippen LogP contribution is -2.58. The largest absolute Gasteiger partial charge is 0.436 e.